The van der Waals surface area contributed by atoms with Gasteiger partial charge in [0, 0.05) is 19.1 Å². The number of methoxy groups -OCH3 is 1. The van der Waals surface area contributed by atoms with E-state index in [1.807, 2.05) is 24.3 Å². The summed E-state index contributed by atoms with van der Waals surface area (Å²) in [6.07, 6.45) is 4.51. The zero-order chi connectivity index (χ0) is 14.4. The van der Waals surface area contributed by atoms with Gasteiger partial charge in [0.1, 0.15) is 12.4 Å². The van der Waals surface area contributed by atoms with Crippen LogP contribution in [-0.2, 0) is 4.74 Å². The minimum Gasteiger partial charge on any atom is -0.490 e. The van der Waals surface area contributed by atoms with E-state index in [-0.39, 0.29) is 11.3 Å². The first-order valence-electron chi connectivity index (χ1n) is 7.17. The molecule has 0 heterocycles. The van der Waals surface area contributed by atoms with Crippen molar-refractivity contribution in [1.29, 1.82) is 0 Å². The molecule has 0 aliphatic heterocycles. The van der Waals surface area contributed by atoms with Crippen LogP contribution in [0.2, 0.25) is 0 Å². The summed E-state index contributed by atoms with van der Waals surface area (Å²) in [4.78, 5) is 12.5. The Balaban J connectivity index is 2.05. The van der Waals surface area contributed by atoms with Crippen LogP contribution in [-0.4, -0.2) is 31.6 Å². The molecule has 0 aromatic heterocycles. The Kier molecular flexibility index (Phi) is 5.15. The predicted octanol–water partition coefficient (Wildman–Crippen LogP) is 2.56. The topological polar surface area (TPSA) is 61.5 Å². The van der Waals surface area contributed by atoms with Gasteiger partial charge in [-0.1, -0.05) is 25.0 Å². The van der Waals surface area contributed by atoms with E-state index >= 15 is 0 Å². The summed E-state index contributed by atoms with van der Waals surface area (Å²) in [5.41, 5.74) is 6.59. The average Bonchev–Trinajstić information content (AvgIpc) is 2.86. The molecule has 1 fully saturated rings. The van der Waals surface area contributed by atoms with Crippen LogP contribution >= 0.6 is 0 Å². The van der Waals surface area contributed by atoms with Crippen LogP contribution in [0, 0.1) is 0 Å². The average molecular weight is 277 g/mol. The first kappa shape index (κ1) is 15.0. The van der Waals surface area contributed by atoms with Gasteiger partial charge in [0.25, 0.3) is 0 Å². The van der Waals surface area contributed by atoms with Gasteiger partial charge < -0.3 is 15.2 Å². The Hall–Kier alpha value is -1.39. The Morgan fingerprint density at radius 1 is 1.25 bits per heavy atom. The fourth-order valence-corrected chi connectivity index (χ4v) is 2.73. The summed E-state index contributed by atoms with van der Waals surface area (Å²) in [5, 5.41) is 0. The molecule has 1 aliphatic rings. The largest absolute Gasteiger partial charge is 0.490 e. The van der Waals surface area contributed by atoms with Crippen molar-refractivity contribution in [1.82, 2.24) is 0 Å². The molecule has 4 heteroatoms. The van der Waals surface area contributed by atoms with Crippen molar-refractivity contribution >= 4 is 5.78 Å². The Bertz CT molecular complexity index is 453. The van der Waals surface area contributed by atoms with Crippen LogP contribution in [0.25, 0.3) is 0 Å². The fourth-order valence-electron chi connectivity index (χ4n) is 2.73. The standard InChI is InChI=1S/C16H23NO3/c1-19-10-11-20-15-7-3-2-6-13(15)14(18)12-16(17)8-4-5-9-16/h2-3,6-7H,4-5,8-12,17H2,1H3. The summed E-state index contributed by atoms with van der Waals surface area (Å²) >= 11 is 0. The lowest BCUT2D eigenvalue weighted by Gasteiger charge is -2.23. The quantitative estimate of drug-likeness (QED) is 0.614. The molecule has 0 bridgehead atoms. The second kappa shape index (κ2) is 6.86. The van der Waals surface area contributed by atoms with Crippen molar-refractivity contribution in [2.24, 2.45) is 5.73 Å². The minimum atomic E-state index is -0.323. The highest BCUT2D eigenvalue weighted by Crippen LogP contribution is 2.32. The highest BCUT2D eigenvalue weighted by molar-refractivity contribution is 5.99. The van der Waals surface area contributed by atoms with Gasteiger partial charge in [-0.05, 0) is 25.0 Å². The molecule has 110 valence electrons. The Morgan fingerprint density at radius 3 is 2.65 bits per heavy atom. The number of benzene rings is 1. The lowest BCUT2D eigenvalue weighted by molar-refractivity contribution is 0.0944. The molecular weight excluding hydrogens is 254 g/mol. The van der Waals surface area contributed by atoms with Crippen molar-refractivity contribution < 1.29 is 14.3 Å². The number of rotatable bonds is 7. The maximum Gasteiger partial charge on any atom is 0.168 e. The summed E-state index contributed by atoms with van der Waals surface area (Å²) in [7, 11) is 1.62. The first-order chi connectivity index (χ1) is 9.64. The minimum absolute atomic E-state index is 0.0717. The number of ether oxygens (including phenoxy) is 2. The fraction of sp³-hybridized carbons (Fsp3) is 0.562. The molecule has 0 unspecified atom stereocenters. The van der Waals surface area contributed by atoms with Crippen molar-refractivity contribution in [2.45, 2.75) is 37.6 Å². The summed E-state index contributed by atoms with van der Waals surface area (Å²) in [6.45, 7) is 0.942. The lowest BCUT2D eigenvalue weighted by Crippen LogP contribution is -2.38. The van der Waals surface area contributed by atoms with Gasteiger partial charge in [-0.3, -0.25) is 4.79 Å². The predicted molar refractivity (Wildman–Crippen MR) is 78.1 cm³/mol. The van der Waals surface area contributed by atoms with Gasteiger partial charge in [0.05, 0.1) is 12.2 Å². The van der Waals surface area contributed by atoms with E-state index in [0.29, 0.717) is 30.9 Å². The second-order valence-corrected chi connectivity index (χ2v) is 5.51. The number of para-hydroxylation sites is 1. The highest BCUT2D eigenvalue weighted by atomic mass is 16.5. The SMILES string of the molecule is COCCOc1ccccc1C(=O)CC1(N)CCCC1. The third kappa shape index (κ3) is 3.81. The first-order valence-corrected chi connectivity index (χ1v) is 7.17. The molecule has 20 heavy (non-hydrogen) atoms. The third-order valence-electron chi connectivity index (χ3n) is 3.84. The molecular formula is C16H23NO3. The number of carbonyl (C=O) groups excluding carboxylic acids is 1. The number of hydrogen-bond acceptors (Lipinski definition) is 4. The maximum absolute atomic E-state index is 12.5. The van der Waals surface area contributed by atoms with Gasteiger partial charge in [0.15, 0.2) is 5.78 Å². The summed E-state index contributed by atoms with van der Waals surface area (Å²) in [6, 6.07) is 7.35. The molecule has 0 saturated heterocycles. The van der Waals surface area contributed by atoms with Crippen LogP contribution < -0.4 is 10.5 Å². The van der Waals surface area contributed by atoms with Gasteiger partial charge >= 0.3 is 0 Å². The number of Topliss-reactive ketones (excluding diaryl/α,β-unsaturated/α-hetero) is 1. The molecule has 0 radical (unpaired) electrons. The van der Waals surface area contributed by atoms with Gasteiger partial charge in [-0.2, -0.15) is 0 Å². The van der Waals surface area contributed by atoms with Crippen LogP contribution in [0.4, 0.5) is 0 Å². The summed E-state index contributed by atoms with van der Waals surface area (Å²) < 4.78 is 10.6. The molecule has 0 atom stereocenters. The van der Waals surface area contributed by atoms with Gasteiger partial charge in [0.2, 0.25) is 0 Å². The Labute approximate surface area is 120 Å². The molecule has 1 saturated carbocycles. The van der Waals surface area contributed by atoms with Gasteiger partial charge in [-0.15, -0.1) is 0 Å². The second-order valence-electron chi connectivity index (χ2n) is 5.51. The molecule has 4 nitrogen and oxygen atoms in total. The van der Waals surface area contributed by atoms with E-state index in [4.69, 9.17) is 15.2 Å². The molecule has 2 N–H and O–H groups in total. The van der Waals surface area contributed by atoms with E-state index in [9.17, 15) is 4.79 Å². The van der Waals surface area contributed by atoms with Crippen molar-refractivity contribution in [2.75, 3.05) is 20.3 Å². The number of hydrogen-bond donors (Lipinski definition) is 1. The van der Waals surface area contributed by atoms with Crippen molar-refractivity contribution in [3.8, 4) is 5.75 Å². The van der Waals surface area contributed by atoms with Gasteiger partial charge in [-0.25, -0.2) is 0 Å². The molecule has 0 amide bonds. The van der Waals surface area contributed by atoms with E-state index < -0.39 is 0 Å². The number of nitrogens with two attached hydrogens (primary N) is 1. The normalized spacial score (nSPS) is 17.1. The van der Waals surface area contributed by atoms with Crippen LogP contribution in [0.5, 0.6) is 5.75 Å². The lowest BCUT2D eigenvalue weighted by atomic mass is 9.90. The van der Waals surface area contributed by atoms with Crippen molar-refractivity contribution in [3.63, 3.8) is 0 Å². The molecule has 1 aromatic rings. The molecule has 0 spiro atoms. The van der Waals surface area contributed by atoms with Crippen LogP contribution in [0.3, 0.4) is 0 Å². The molecule has 2 rings (SSSR count). The van der Waals surface area contributed by atoms with E-state index in [1.165, 1.54) is 0 Å². The van der Waals surface area contributed by atoms with E-state index in [0.717, 1.165) is 25.7 Å². The highest BCUT2D eigenvalue weighted by Gasteiger charge is 2.32. The number of ketones is 1. The zero-order valence-corrected chi connectivity index (χ0v) is 12.1. The smallest absolute Gasteiger partial charge is 0.168 e. The number of carbonyl (C=O) groups is 1. The van der Waals surface area contributed by atoms with Crippen LogP contribution in [0.1, 0.15) is 42.5 Å². The van der Waals surface area contributed by atoms with E-state index in [1.54, 1.807) is 7.11 Å². The van der Waals surface area contributed by atoms with Crippen LogP contribution in [0.15, 0.2) is 24.3 Å². The zero-order valence-electron chi connectivity index (χ0n) is 12.1. The maximum atomic E-state index is 12.5. The molecule has 1 aromatic carbocycles. The monoisotopic (exact) mass is 277 g/mol. The van der Waals surface area contributed by atoms with Crippen molar-refractivity contribution in [3.05, 3.63) is 29.8 Å². The summed E-state index contributed by atoms with van der Waals surface area (Å²) in [5.74, 6) is 0.693. The Morgan fingerprint density at radius 2 is 1.95 bits per heavy atom. The third-order valence-corrected chi connectivity index (χ3v) is 3.84. The molecule has 1 aliphatic carbocycles. The van der Waals surface area contributed by atoms with E-state index in [2.05, 4.69) is 0 Å².